The lowest BCUT2D eigenvalue weighted by atomic mass is 9.85. The van der Waals surface area contributed by atoms with Crippen molar-refractivity contribution < 1.29 is 33.4 Å². The molecule has 1 atom stereocenters. The molecule has 3 aliphatic heterocycles. The predicted octanol–water partition coefficient (Wildman–Crippen LogP) is 1.73. The number of nitrogens with zero attached hydrogens (tertiary/aromatic N) is 4. The summed E-state index contributed by atoms with van der Waals surface area (Å²) in [6.07, 6.45) is 6.91. The number of aromatic nitrogens is 2. The Kier molecular flexibility index (Phi) is 9.08. The molecule has 2 amide bonds. The number of ether oxygens (including phenoxy) is 3. The van der Waals surface area contributed by atoms with Crippen LogP contribution in [0.25, 0.3) is 0 Å². The largest absolute Gasteiger partial charge is 0.482 e. The molecule has 4 fully saturated rings. The number of epoxide rings is 1. The highest BCUT2D eigenvalue weighted by molar-refractivity contribution is 6.31. The molecule has 3 saturated heterocycles. The van der Waals surface area contributed by atoms with E-state index in [1.165, 1.54) is 0 Å². The van der Waals surface area contributed by atoms with Gasteiger partial charge in [0.25, 0.3) is 0 Å². The number of aliphatic imine (C=N–C) groups is 1. The van der Waals surface area contributed by atoms with Gasteiger partial charge in [0, 0.05) is 32.0 Å². The minimum Gasteiger partial charge on any atom is -0.482 e. The zero-order chi connectivity index (χ0) is 33.2. The van der Waals surface area contributed by atoms with Crippen LogP contribution in [0.1, 0.15) is 67.4 Å². The minimum absolute atomic E-state index is 0.0518. The Balaban J connectivity index is 0.919. The van der Waals surface area contributed by atoms with Crippen molar-refractivity contribution in [3.8, 4) is 5.75 Å². The Morgan fingerprint density at radius 3 is 2.45 bits per heavy atom. The van der Waals surface area contributed by atoms with Gasteiger partial charge in [0.2, 0.25) is 5.91 Å². The first-order valence-corrected chi connectivity index (χ1v) is 16.1. The third kappa shape index (κ3) is 7.19. The second kappa shape index (κ2) is 13.2. The average molecular weight is 669 g/mol. The number of nitrogen functional groups attached to an aromatic ring is 2. The number of hydrogen-bond acceptors (Lipinski definition) is 11. The molecule has 1 spiro atoms. The van der Waals surface area contributed by atoms with Crippen LogP contribution >= 0.6 is 11.6 Å². The fourth-order valence-corrected chi connectivity index (χ4v) is 6.52. The predicted molar refractivity (Wildman–Crippen MR) is 169 cm³/mol. The van der Waals surface area contributed by atoms with Gasteiger partial charge in [0.1, 0.15) is 5.75 Å². The highest BCUT2D eigenvalue weighted by Gasteiger charge is 2.67. The number of benzene rings is 1. The maximum Gasteiger partial charge on any atom is 0.397 e. The van der Waals surface area contributed by atoms with Gasteiger partial charge in [-0.3, -0.25) is 9.59 Å². The summed E-state index contributed by atoms with van der Waals surface area (Å²) in [4.78, 5) is 63.6. The zero-order valence-corrected chi connectivity index (χ0v) is 26.5. The topological polar surface area (TPSA) is 217 Å². The number of nitrogens with one attached hydrogen (secondary N) is 2. The summed E-state index contributed by atoms with van der Waals surface area (Å²) in [6.45, 7) is 1.32. The lowest BCUT2D eigenvalue weighted by Gasteiger charge is -2.38. The van der Waals surface area contributed by atoms with Crippen molar-refractivity contribution in [2.75, 3.05) is 37.7 Å². The number of esters is 1. The number of carbonyl (C=O) groups is 4. The van der Waals surface area contributed by atoms with Crippen molar-refractivity contribution in [1.29, 1.82) is 0 Å². The molecule has 1 unspecified atom stereocenters. The first-order valence-electron chi connectivity index (χ1n) is 15.7. The molecule has 1 aliphatic carbocycles. The van der Waals surface area contributed by atoms with E-state index in [0.717, 1.165) is 37.7 Å². The molecule has 2 aromatic rings. The second-order valence-electron chi connectivity index (χ2n) is 12.3. The fraction of sp³-hybridized carbons (Fsp3) is 0.516. The number of anilines is 2. The van der Waals surface area contributed by atoms with Crippen molar-refractivity contribution in [2.45, 2.75) is 69.1 Å². The minimum atomic E-state index is -1.42. The highest BCUT2D eigenvalue weighted by atomic mass is 35.5. The standard InChI is InChI=1S/C31H37ClN8O7/c32-24-26(34)37-25(33)23(36-24)27(43)38-29-35-17-30(39-29)12-14-40(15-13-30)21(41)11-8-18-6-9-20(10-7-18)45-16-22(42)46-31(28(44)47-31)19-4-2-1-3-5-19/h6-7,9-10,19H,1-5,8,11-17H2,(H4,33,34,37)(H2,35,38,39,43). The van der Waals surface area contributed by atoms with Crippen molar-refractivity contribution in [3.63, 3.8) is 0 Å². The van der Waals surface area contributed by atoms with Gasteiger partial charge in [-0.2, -0.15) is 4.99 Å². The first-order chi connectivity index (χ1) is 22.6. The van der Waals surface area contributed by atoms with Crippen LogP contribution in [0.4, 0.5) is 11.6 Å². The van der Waals surface area contributed by atoms with Gasteiger partial charge in [0.05, 0.1) is 5.54 Å². The van der Waals surface area contributed by atoms with E-state index in [0.29, 0.717) is 57.0 Å². The average Bonchev–Trinajstić information content (AvgIpc) is 3.56. The molecule has 0 radical (unpaired) electrons. The summed E-state index contributed by atoms with van der Waals surface area (Å²) < 4.78 is 16.1. The Morgan fingerprint density at radius 2 is 1.77 bits per heavy atom. The smallest absolute Gasteiger partial charge is 0.397 e. The summed E-state index contributed by atoms with van der Waals surface area (Å²) in [7, 11) is 0. The number of rotatable bonds is 9. The van der Waals surface area contributed by atoms with Crippen LogP contribution in [0.2, 0.25) is 5.15 Å². The van der Waals surface area contributed by atoms with Crippen molar-refractivity contribution >= 4 is 52.9 Å². The van der Waals surface area contributed by atoms with Gasteiger partial charge in [-0.1, -0.05) is 43.0 Å². The number of aryl methyl sites for hydroxylation is 1. The molecule has 15 nitrogen and oxygen atoms in total. The number of guanidine groups is 1. The Hall–Kier alpha value is -4.66. The monoisotopic (exact) mass is 668 g/mol. The van der Waals surface area contributed by atoms with Crippen molar-refractivity contribution in [1.82, 2.24) is 25.5 Å². The van der Waals surface area contributed by atoms with Crippen LogP contribution in [0.15, 0.2) is 29.3 Å². The van der Waals surface area contributed by atoms with E-state index in [4.69, 9.17) is 37.3 Å². The lowest BCUT2D eigenvalue weighted by molar-refractivity contribution is -0.169. The van der Waals surface area contributed by atoms with E-state index < -0.39 is 23.6 Å². The van der Waals surface area contributed by atoms with Gasteiger partial charge < -0.3 is 41.2 Å². The Bertz CT molecular complexity index is 1590. The molecular weight excluding hydrogens is 632 g/mol. The van der Waals surface area contributed by atoms with Gasteiger partial charge in [-0.05, 0) is 49.8 Å². The number of likely N-dealkylation sites (tertiary alicyclic amines) is 1. The molecule has 47 heavy (non-hydrogen) atoms. The van der Waals surface area contributed by atoms with E-state index in [-0.39, 0.29) is 46.5 Å². The van der Waals surface area contributed by atoms with E-state index in [9.17, 15) is 19.2 Å². The SMILES string of the molecule is Nc1nc(N)c(C(=O)/N=C2\NCC3(CCN(C(=O)CCc4ccc(OCC(=O)OC5(C6CCCCC6)OC5=O)cc4)CC3)N2)nc1Cl. The number of nitrogens with two attached hydrogens (primary N) is 2. The molecule has 1 aromatic carbocycles. The van der Waals surface area contributed by atoms with Crippen LogP contribution in [0.3, 0.4) is 0 Å². The molecule has 1 saturated carbocycles. The molecule has 6 rings (SSSR count). The van der Waals surface area contributed by atoms with E-state index >= 15 is 0 Å². The molecule has 4 heterocycles. The summed E-state index contributed by atoms with van der Waals surface area (Å²) in [6, 6.07) is 7.17. The third-order valence-corrected chi connectivity index (χ3v) is 9.45. The number of amides is 2. The molecule has 6 N–H and O–H groups in total. The van der Waals surface area contributed by atoms with Crippen LogP contribution in [-0.4, -0.2) is 82.1 Å². The van der Waals surface area contributed by atoms with Crippen LogP contribution < -0.4 is 26.8 Å². The number of cyclic esters (lactones) is 1. The summed E-state index contributed by atoms with van der Waals surface area (Å²) in [5, 5.41) is 6.28. The third-order valence-electron chi connectivity index (χ3n) is 9.17. The lowest BCUT2D eigenvalue weighted by Crippen LogP contribution is -2.53. The quantitative estimate of drug-likeness (QED) is 0.221. The molecule has 1 aromatic heterocycles. The first kappa shape index (κ1) is 32.3. The van der Waals surface area contributed by atoms with Gasteiger partial charge in [-0.15, -0.1) is 0 Å². The van der Waals surface area contributed by atoms with Gasteiger partial charge >= 0.3 is 23.6 Å². The van der Waals surface area contributed by atoms with Crippen LogP contribution in [0.5, 0.6) is 5.75 Å². The Morgan fingerprint density at radius 1 is 1.06 bits per heavy atom. The normalized spacial score (nSPS) is 22.7. The summed E-state index contributed by atoms with van der Waals surface area (Å²) in [5.41, 5.74) is 11.8. The van der Waals surface area contributed by atoms with E-state index in [1.54, 1.807) is 12.1 Å². The van der Waals surface area contributed by atoms with E-state index in [1.807, 2.05) is 17.0 Å². The molecule has 4 aliphatic rings. The van der Waals surface area contributed by atoms with Crippen LogP contribution in [0, 0.1) is 5.92 Å². The number of halogens is 1. The van der Waals surface area contributed by atoms with E-state index in [2.05, 4.69) is 25.6 Å². The number of piperidine rings is 1. The summed E-state index contributed by atoms with van der Waals surface area (Å²) in [5.74, 6) is -2.76. The van der Waals surface area contributed by atoms with Crippen molar-refractivity contribution in [2.24, 2.45) is 10.9 Å². The zero-order valence-electron chi connectivity index (χ0n) is 25.8. The molecular formula is C31H37ClN8O7. The maximum absolute atomic E-state index is 13.0. The number of carbonyl (C=O) groups excluding carboxylic acids is 4. The molecule has 16 heteroatoms. The Labute approximate surface area is 275 Å². The summed E-state index contributed by atoms with van der Waals surface area (Å²) >= 11 is 5.88. The molecule has 250 valence electrons. The maximum atomic E-state index is 13.0. The van der Waals surface area contributed by atoms with Gasteiger partial charge in [0.15, 0.2) is 35.0 Å². The molecule has 0 bridgehead atoms. The van der Waals surface area contributed by atoms with Crippen LogP contribution in [-0.2, 0) is 30.3 Å². The fourth-order valence-electron chi connectivity index (χ4n) is 6.39. The van der Waals surface area contributed by atoms with Crippen molar-refractivity contribution in [3.05, 3.63) is 40.7 Å². The second-order valence-corrected chi connectivity index (χ2v) is 12.7. The number of hydrogen-bond donors (Lipinski definition) is 4. The highest BCUT2D eigenvalue weighted by Crippen LogP contribution is 2.45. The van der Waals surface area contributed by atoms with Gasteiger partial charge in [-0.25, -0.2) is 19.6 Å².